The molecule has 0 heterocycles. The smallest absolute Gasteiger partial charge is 0.459 e. The van der Waals surface area contributed by atoms with Crippen LogP contribution in [0, 0.1) is 0 Å². The first kappa shape index (κ1) is 15.8. The molecule has 0 aromatic heterocycles. The van der Waals surface area contributed by atoms with Gasteiger partial charge in [-0.25, -0.2) is 13.2 Å². The van der Waals surface area contributed by atoms with Crippen LogP contribution < -0.4 is 0 Å². The Balaban J connectivity index is 2.54. The van der Waals surface area contributed by atoms with Gasteiger partial charge in [-0.15, -0.1) is 0 Å². The van der Waals surface area contributed by atoms with Gasteiger partial charge in [0.2, 0.25) is 0 Å². The van der Waals surface area contributed by atoms with E-state index in [1.807, 2.05) is 0 Å². The first-order valence-corrected chi connectivity index (χ1v) is 7.19. The highest BCUT2D eigenvalue weighted by Crippen LogP contribution is 2.17. The Labute approximate surface area is 111 Å². The molecule has 0 amide bonds. The van der Waals surface area contributed by atoms with Gasteiger partial charge in [-0.1, -0.05) is 12.1 Å². The van der Waals surface area contributed by atoms with E-state index in [4.69, 9.17) is 10.7 Å². The second-order valence-corrected chi connectivity index (χ2v) is 6.03. The molecule has 0 N–H and O–H groups in total. The lowest BCUT2D eigenvalue weighted by Gasteiger charge is -2.07. The number of carbonyl (C=O) groups excluding carboxylic acids is 1. The van der Waals surface area contributed by atoms with E-state index in [1.54, 1.807) is 0 Å². The van der Waals surface area contributed by atoms with Gasteiger partial charge < -0.3 is 4.74 Å². The van der Waals surface area contributed by atoms with Crippen LogP contribution in [0.1, 0.15) is 5.56 Å². The van der Waals surface area contributed by atoms with Crippen LogP contribution >= 0.6 is 10.7 Å². The first-order valence-electron chi connectivity index (χ1n) is 4.88. The Morgan fingerprint density at radius 3 is 2.16 bits per heavy atom. The average molecular weight is 317 g/mol. The molecule has 0 fully saturated rings. The Kier molecular flexibility index (Phi) is 4.81. The third-order valence-electron chi connectivity index (χ3n) is 2.06. The molecule has 0 aliphatic rings. The molecule has 0 bridgehead atoms. The molecule has 9 heteroatoms. The van der Waals surface area contributed by atoms with Crippen molar-refractivity contribution in [1.29, 1.82) is 0 Å². The zero-order valence-corrected chi connectivity index (χ0v) is 10.8. The summed E-state index contributed by atoms with van der Waals surface area (Å²) in [5.74, 6) is -2.26. The summed E-state index contributed by atoms with van der Waals surface area (Å²) in [5.41, 5.74) is 0.513. The molecular formula is C10H8ClF3O4S. The highest BCUT2D eigenvalue weighted by molar-refractivity contribution is 8.13. The SMILES string of the molecule is O=C(OCCc1ccc(S(=O)(=O)Cl)cc1)C(F)(F)F. The summed E-state index contributed by atoms with van der Waals surface area (Å²) in [5, 5.41) is 0. The van der Waals surface area contributed by atoms with Crippen LogP contribution in [-0.4, -0.2) is 27.2 Å². The molecule has 19 heavy (non-hydrogen) atoms. The Morgan fingerprint density at radius 2 is 1.74 bits per heavy atom. The van der Waals surface area contributed by atoms with Crippen LogP contribution in [0.3, 0.4) is 0 Å². The molecule has 0 atom stereocenters. The van der Waals surface area contributed by atoms with Gasteiger partial charge in [-0.05, 0) is 17.7 Å². The molecule has 0 saturated heterocycles. The van der Waals surface area contributed by atoms with Gasteiger partial charge >= 0.3 is 12.1 Å². The van der Waals surface area contributed by atoms with E-state index in [0.717, 1.165) is 0 Å². The molecular weight excluding hydrogens is 309 g/mol. The summed E-state index contributed by atoms with van der Waals surface area (Å²) in [4.78, 5) is 10.3. The number of benzene rings is 1. The maximum Gasteiger partial charge on any atom is 0.490 e. The Bertz CT molecular complexity index is 551. The minimum absolute atomic E-state index is 0.0322. The van der Waals surface area contributed by atoms with Gasteiger partial charge in [0.15, 0.2) is 0 Å². The van der Waals surface area contributed by atoms with E-state index in [-0.39, 0.29) is 11.3 Å². The van der Waals surface area contributed by atoms with E-state index in [2.05, 4.69) is 4.74 Å². The second kappa shape index (κ2) is 5.79. The summed E-state index contributed by atoms with van der Waals surface area (Å²) in [6.07, 6.45) is -4.99. The van der Waals surface area contributed by atoms with Crippen LogP contribution in [-0.2, 0) is 25.0 Å². The standard InChI is InChI=1S/C10H8ClF3O4S/c11-19(16,17)8-3-1-7(2-4-8)5-6-18-9(15)10(12,13)14/h1-4H,5-6H2. The van der Waals surface area contributed by atoms with Crippen molar-refractivity contribution in [3.63, 3.8) is 0 Å². The van der Waals surface area contributed by atoms with Crippen LogP contribution in [0.5, 0.6) is 0 Å². The summed E-state index contributed by atoms with van der Waals surface area (Å²) >= 11 is 0. The zero-order chi connectivity index (χ0) is 14.7. The quantitative estimate of drug-likeness (QED) is 0.631. The van der Waals surface area contributed by atoms with Crippen molar-refractivity contribution < 1.29 is 31.1 Å². The third-order valence-corrected chi connectivity index (χ3v) is 3.43. The highest BCUT2D eigenvalue weighted by Gasteiger charge is 2.40. The number of hydrogen-bond donors (Lipinski definition) is 0. The van der Waals surface area contributed by atoms with Crippen molar-refractivity contribution in [1.82, 2.24) is 0 Å². The number of hydrogen-bond acceptors (Lipinski definition) is 4. The van der Waals surface area contributed by atoms with Crippen molar-refractivity contribution in [2.45, 2.75) is 17.5 Å². The molecule has 4 nitrogen and oxygen atoms in total. The van der Waals surface area contributed by atoms with Crippen molar-refractivity contribution in [2.24, 2.45) is 0 Å². The summed E-state index contributed by atoms with van der Waals surface area (Å²) in [6.45, 7) is -0.453. The van der Waals surface area contributed by atoms with Gasteiger partial charge in [-0.3, -0.25) is 0 Å². The number of carbonyl (C=O) groups is 1. The zero-order valence-electron chi connectivity index (χ0n) is 9.28. The number of esters is 1. The van der Waals surface area contributed by atoms with Crippen molar-refractivity contribution >= 4 is 25.7 Å². The van der Waals surface area contributed by atoms with Gasteiger partial charge in [0.1, 0.15) is 0 Å². The molecule has 0 radical (unpaired) electrons. The van der Waals surface area contributed by atoms with Crippen LogP contribution in [0.25, 0.3) is 0 Å². The molecule has 0 saturated carbocycles. The first-order chi connectivity index (χ1) is 8.60. The Hall–Kier alpha value is -1.28. The van der Waals surface area contributed by atoms with Crippen LogP contribution in [0.15, 0.2) is 29.2 Å². The number of ether oxygens (including phenoxy) is 1. The van der Waals surface area contributed by atoms with Gasteiger partial charge in [-0.2, -0.15) is 13.2 Å². The fourth-order valence-corrected chi connectivity index (χ4v) is 1.93. The topological polar surface area (TPSA) is 60.4 Å². The van der Waals surface area contributed by atoms with Gasteiger partial charge in [0.05, 0.1) is 11.5 Å². The molecule has 0 unspecified atom stereocenters. The lowest BCUT2D eigenvalue weighted by atomic mass is 10.2. The van der Waals surface area contributed by atoms with Crippen molar-refractivity contribution in [3.05, 3.63) is 29.8 Å². The van der Waals surface area contributed by atoms with E-state index in [9.17, 15) is 26.4 Å². The molecule has 1 aromatic carbocycles. The van der Waals surface area contributed by atoms with Gasteiger partial charge in [0.25, 0.3) is 9.05 Å². The second-order valence-electron chi connectivity index (χ2n) is 3.47. The molecule has 1 rings (SSSR count). The molecule has 1 aromatic rings. The lowest BCUT2D eigenvalue weighted by Crippen LogP contribution is -2.26. The third kappa shape index (κ3) is 5.07. The average Bonchev–Trinajstić information content (AvgIpc) is 2.27. The lowest BCUT2D eigenvalue weighted by molar-refractivity contribution is -0.199. The maximum atomic E-state index is 11.8. The molecule has 0 spiro atoms. The highest BCUT2D eigenvalue weighted by atomic mass is 35.7. The normalized spacial score (nSPS) is 12.2. The minimum atomic E-state index is -5.02. The van der Waals surface area contributed by atoms with E-state index >= 15 is 0 Å². The summed E-state index contributed by atoms with van der Waals surface area (Å²) < 4.78 is 61.3. The molecule has 0 aliphatic heterocycles. The predicted molar refractivity (Wildman–Crippen MR) is 60.2 cm³/mol. The number of alkyl halides is 3. The van der Waals surface area contributed by atoms with Gasteiger partial charge in [0, 0.05) is 17.1 Å². The fraction of sp³-hybridized carbons (Fsp3) is 0.300. The van der Waals surface area contributed by atoms with Crippen molar-refractivity contribution in [3.8, 4) is 0 Å². The van der Waals surface area contributed by atoms with Crippen molar-refractivity contribution in [2.75, 3.05) is 6.61 Å². The summed E-state index contributed by atoms with van der Waals surface area (Å²) in [7, 11) is 1.25. The van der Waals surface area contributed by atoms with E-state index in [1.165, 1.54) is 24.3 Å². The van der Waals surface area contributed by atoms with E-state index < -0.39 is 27.8 Å². The minimum Gasteiger partial charge on any atom is -0.459 e. The Morgan fingerprint density at radius 1 is 1.21 bits per heavy atom. The fourth-order valence-electron chi connectivity index (χ4n) is 1.16. The molecule has 0 aliphatic carbocycles. The van der Waals surface area contributed by atoms with E-state index in [0.29, 0.717) is 5.56 Å². The number of rotatable bonds is 4. The van der Waals surface area contributed by atoms with Crippen LogP contribution in [0.2, 0.25) is 0 Å². The van der Waals surface area contributed by atoms with Crippen LogP contribution in [0.4, 0.5) is 13.2 Å². The maximum absolute atomic E-state index is 11.8. The summed E-state index contributed by atoms with van der Waals surface area (Å²) in [6, 6.07) is 5.17. The monoisotopic (exact) mass is 316 g/mol. The molecule has 106 valence electrons. The number of halogens is 4. The largest absolute Gasteiger partial charge is 0.490 e. The predicted octanol–water partition coefficient (Wildman–Crippen LogP) is 2.26.